The Morgan fingerprint density at radius 3 is 3.25 bits per heavy atom. The number of nitrogens with zero attached hydrogens (tertiary/aromatic N) is 1. The van der Waals surface area contributed by atoms with Crippen LogP contribution in [0.25, 0.3) is 0 Å². The smallest absolute Gasteiger partial charge is 0.241 e. The normalized spacial score (nSPS) is 40.0. The van der Waals surface area contributed by atoms with Gasteiger partial charge in [0.25, 0.3) is 0 Å². The molecule has 3 N–H and O–H groups in total. The van der Waals surface area contributed by atoms with Crippen LogP contribution in [0.15, 0.2) is 17.3 Å². The van der Waals surface area contributed by atoms with Gasteiger partial charge in [0.1, 0.15) is 6.04 Å². The third kappa shape index (κ3) is 1.16. The fraction of sp³-hybridized carbons (Fsp3) is 0.500. The van der Waals surface area contributed by atoms with Crippen molar-refractivity contribution < 1.29 is 9.59 Å². The van der Waals surface area contributed by atoms with Gasteiger partial charge in [0.15, 0.2) is 0 Å². The van der Waals surface area contributed by atoms with E-state index in [0.29, 0.717) is 11.7 Å². The fourth-order valence-corrected chi connectivity index (χ4v) is 3.65. The van der Waals surface area contributed by atoms with Gasteiger partial charge in [0, 0.05) is 6.20 Å². The maximum Gasteiger partial charge on any atom is 0.241 e. The zero-order valence-corrected chi connectivity index (χ0v) is 9.29. The van der Waals surface area contributed by atoms with Crippen LogP contribution in [-0.2, 0) is 9.59 Å². The molecule has 0 bridgehead atoms. The highest BCUT2D eigenvalue weighted by molar-refractivity contribution is 8.14. The predicted molar refractivity (Wildman–Crippen MR) is 60.7 cm³/mol. The predicted octanol–water partition coefficient (Wildman–Crippen LogP) is -0.365. The molecule has 0 aromatic rings. The van der Waals surface area contributed by atoms with E-state index >= 15 is 0 Å². The second-order valence-electron chi connectivity index (χ2n) is 4.32. The van der Waals surface area contributed by atoms with E-state index in [-0.39, 0.29) is 11.3 Å². The van der Waals surface area contributed by atoms with Crippen molar-refractivity contribution in [2.24, 2.45) is 22.1 Å². The van der Waals surface area contributed by atoms with Crippen LogP contribution in [-0.4, -0.2) is 28.7 Å². The molecule has 3 aliphatic rings. The summed E-state index contributed by atoms with van der Waals surface area (Å²) in [4.78, 5) is 27.2. The molecule has 3 rings (SSSR count). The summed E-state index contributed by atoms with van der Waals surface area (Å²) in [6, 6.07) is -0.608. The molecule has 1 saturated heterocycles. The minimum Gasteiger partial charge on any atom is -0.368 e. The lowest BCUT2D eigenvalue weighted by molar-refractivity contribution is -0.126. The molecule has 2 heterocycles. The first kappa shape index (κ1) is 9.89. The van der Waals surface area contributed by atoms with Gasteiger partial charge in [-0.3, -0.25) is 14.6 Å². The van der Waals surface area contributed by atoms with Crippen molar-refractivity contribution in [3.05, 3.63) is 12.3 Å². The maximum absolute atomic E-state index is 11.5. The van der Waals surface area contributed by atoms with Crippen LogP contribution >= 0.6 is 11.8 Å². The van der Waals surface area contributed by atoms with Crippen LogP contribution in [0, 0.1) is 11.3 Å². The molecular weight excluding hydrogens is 226 g/mol. The van der Waals surface area contributed by atoms with E-state index in [1.807, 2.05) is 6.08 Å². The summed E-state index contributed by atoms with van der Waals surface area (Å²) < 4.78 is 0. The van der Waals surface area contributed by atoms with E-state index < -0.39 is 11.9 Å². The Labute approximate surface area is 96.5 Å². The van der Waals surface area contributed by atoms with Gasteiger partial charge in [0.05, 0.1) is 16.2 Å². The highest BCUT2D eigenvalue weighted by Crippen LogP contribution is 2.61. The summed E-state index contributed by atoms with van der Waals surface area (Å²) in [5.41, 5.74) is 5.04. The summed E-state index contributed by atoms with van der Waals surface area (Å²) >= 11 is 1.42. The summed E-state index contributed by atoms with van der Waals surface area (Å²) in [5.74, 6) is -0.0130. The van der Waals surface area contributed by atoms with E-state index in [1.165, 1.54) is 11.8 Å². The summed E-state index contributed by atoms with van der Waals surface area (Å²) in [6.45, 7) is 0. The summed E-state index contributed by atoms with van der Waals surface area (Å²) in [5, 5.41) is 3.59. The Hall–Kier alpha value is -1.30. The third-order valence-corrected chi connectivity index (χ3v) is 4.58. The molecule has 0 radical (unpaired) electrons. The summed E-state index contributed by atoms with van der Waals surface area (Å²) in [7, 11) is 0. The van der Waals surface area contributed by atoms with Crippen molar-refractivity contribution in [3.63, 3.8) is 0 Å². The molecule has 16 heavy (non-hydrogen) atoms. The zero-order chi connectivity index (χ0) is 11.3. The Morgan fingerprint density at radius 1 is 1.69 bits per heavy atom. The number of carbonyl (C=O) groups is 2. The lowest BCUT2D eigenvalue weighted by Crippen LogP contribution is -2.51. The highest BCUT2D eigenvalue weighted by atomic mass is 32.2. The standard InChI is InChI=1S/C10H11N3O2S/c11-8(15)7-10-3-5(10)1-2-12-9(10)16-4-6(14)13-7/h1-2,5,7H,3-4H2,(H2,11,15)(H,13,14). The van der Waals surface area contributed by atoms with Crippen LogP contribution in [0.4, 0.5) is 0 Å². The number of nitrogens with one attached hydrogen (secondary N) is 1. The SMILES string of the molecule is NC(=O)C1NC(=O)CSC2=NC=CC3CC231. The minimum atomic E-state index is -0.608. The van der Waals surface area contributed by atoms with Gasteiger partial charge in [0.2, 0.25) is 11.8 Å². The van der Waals surface area contributed by atoms with Crippen LogP contribution in [0.3, 0.4) is 0 Å². The first-order chi connectivity index (χ1) is 7.64. The lowest BCUT2D eigenvalue weighted by atomic mass is 9.92. The number of primary amides is 1. The Morgan fingerprint density at radius 2 is 2.50 bits per heavy atom. The summed E-state index contributed by atoms with van der Waals surface area (Å²) in [6.07, 6.45) is 4.59. The van der Waals surface area contributed by atoms with Gasteiger partial charge in [-0.2, -0.15) is 0 Å². The molecule has 2 aliphatic heterocycles. The Balaban J connectivity index is 2.04. The quantitative estimate of drug-likeness (QED) is 0.653. The first-order valence-electron chi connectivity index (χ1n) is 5.11. The molecule has 1 aliphatic carbocycles. The van der Waals surface area contributed by atoms with E-state index in [0.717, 1.165) is 11.5 Å². The van der Waals surface area contributed by atoms with Crippen molar-refractivity contribution >= 4 is 28.6 Å². The Kier molecular flexibility index (Phi) is 1.92. The van der Waals surface area contributed by atoms with Gasteiger partial charge >= 0.3 is 0 Å². The van der Waals surface area contributed by atoms with Gasteiger partial charge in [-0.25, -0.2) is 0 Å². The Bertz CT molecular complexity index is 445. The van der Waals surface area contributed by atoms with Gasteiger partial charge in [-0.15, -0.1) is 11.8 Å². The highest BCUT2D eigenvalue weighted by Gasteiger charge is 2.65. The molecule has 1 saturated carbocycles. The monoisotopic (exact) mass is 237 g/mol. The molecule has 84 valence electrons. The van der Waals surface area contributed by atoms with Gasteiger partial charge in [-0.1, -0.05) is 6.08 Å². The maximum atomic E-state index is 11.5. The second kappa shape index (κ2) is 3.10. The van der Waals surface area contributed by atoms with Crippen LogP contribution in [0.2, 0.25) is 0 Å². The van der Waals surface area contributed by atoms with E-state index in [9.17, 15) is 9.59 Å². The molecule has 2 fully saturated rings. The minimum absolute atomic E-state index is 0.147. The number of allylic oxidation sites excluding steroid dienone is 1. The largest absolute Gasteiger partial charge is 0.368 e. The number of rotatable bonds is 1. The van der Waals surface area contributed by atoms with Crippen LogP contribution in [0.1, 0.15) is 6.42 Å². The molecule has 1 spiro atoms. The van der Waals surface area contributed by atoms with Crippen molar-refractivity contribution in [2.45, 2.75) is 12.5 Å². The van der Waals surface area contributed by atoms with Crippen molar-refractivity contribution in [1.82, 2.24) is 5.32 Å². The third-order valence-electron chi connectivity index (χ3n) is 3.41. The molecule has 3 unspecified atom stereocenters. The average molecular weight is 237 g/mol. The molecule has 6 heteroatoms. The molecule has 5 nitrogen and oxygen atoms in total. The van der Waals surface area contributed by atoms with Crippen LogP contribution in [0.5, 0.6) is 0 Å². The van der Waals surface area contributed by atoms with Crippen molar-refractivity contribution in [3.8, 4) is 0 Å². The molecule has 2 amide bonds. The number of aliphatic imine (C=N–C) groups is 1. The second-order valence-corrected chi connectivity index (χ2v) is 5.28. The van der Waals surface area contributed by atoms with E-state index in [2.05, 4.69) is 10.3 Å². The number of carbonyl (C=O) groups excluding carboxylic acids is 2. The molecular formula is C10H11N3O2S. The van der Waals surface area contributed by atoms with Gasteiger partial charge < -0.3 is 11.1 Å². The fourth-order valence-electron chi connectivity index (χ4n) is 2.54. The van der Waals surface area contributed by atoms with E-state index in [1.54, 1.807) is 6.20 Å². The van der Waals surface area contributed by atoms with Crippen LogP contribution < -0.4 is 11.1 Å². The average Bonchev–Trinajstić information content (AvgIpc) is 2.98. The zero-order valence-electron chi connectivity index (χ0n) is 8.47. The number of thioether (sulfide) groups is 1. The molecule has 3 atom stereocenters. The molecule has 0 aromatic carbocycles. The number of nitrogens with two attached hydrogens (primary N) is 1. The lowest BCUT2D eigenvalue weighted by Gasteiger charge is -2.25. The van der Waals surface area contributed by atoms with Crippen molar-refractivity contribution in [1.29, 1.82) is 0 Å². The topological polar surface area (TPSA) is 84.5 Å². The van der Waals surface area contributed by atoms with Gasteiger partial charge in [-0.05, 0) is 12.3 Å². The molecule has 0 aromatic heterocycles. The first-order valence-corrected chi connectivity index (χ1v) is 6.09. The number of hydrogen-bond acceptors (Lipinski definition) is 4. The number of hydrogen-bond donors (Lipinski definition) is 2. The van der Waals surface area contributed by atoms with E-state index in [4.69, 9.17) is 5.73 Å². The number of amides is 2. The van der Waals surface area contributed by atoms with Crippen molar-refractivity contribution in [2.75, 3.05) is 5.75 Å².